The van der Waals surface area contributed by atoms with Crippen molar-refractivity contribution in [3.8, 4) is 0 Å². The van der Waals surface area contributed by atoms with Gasteiger partial charge in [-0.1, -0.05) is 0 Å². The van der Waals surface area contributed by atoms with Gasteiger partial charge in [0.1, 0.15) is 5.72 Å². The van der Waals surface area contributed by atoms with E-state index < -0.39 is 0 Å². The molecule has 0 amide bonds. The first-order valence-corrected chi connectivity index (χ1v) is 3.91. The van der Waals surface area contributed by atoms with E-state index in [2.05, 4.69) is 31.6 Å². The van der Waals surface area contributed by atoms with Gasteiger partial charge >= 0.3 is 0 Å². The van der Waals surface area contributed by atoms with Gasteiger partial charge in [-0.05, 0) is 41.7 Å². The summed E-state index contributed by atoms with van der Waals surface area (Å²) >= 11 is 0. The van der Waals surface area contributed by atoms with Gasteiger partial charge in [0.2, 0.25) is 0 Å². The summed E-state index contributed by atoms with van der Waals surface area (Å²) in [4.78, 5) is 5.38. The van der Waals surface area contributed by atoms with Crippen LogP contribution in [0.5, 0.6) is 0 Å². The summed E-state index contributed by atoms with van der Waals surface area (Å²) in [5.74, 6) is 0. The fourth-order valence-corrected chi connectivity index (χ4v) is 0.332. The highest BCUT2D eigenvalue weighted by atomic mass is 16.7. The molecule has 0 fully saturated rings. The zero-order valence-electron chi connectivity index (χ0n) is 8.41. The lowest BCUT2D eigenvalue weighted by Gasteiger charge is -2.29. The zero-order chi connectivity index (χ0) is 9.12. The van der Waals surface area contributed by atoms with E-state index in [1.165, 1.54) is 0 Å². The second kappa shape index (κ2) is 3.52. The van der Waals surface area contributed by atoms with Crippen molar-refractivity contribution >= 4 is 0 Å². The Bertz CT molecular complexity index is 116. The average Bonchev–Trinajstić information content (AvgIpc) is 1.83. The largest absolute Gasteiger partial charge is 0.291 e. The quantitative estimate of drug-likeness (QED) is 0.482. The monoisotopic (exact) mass is 160 g/mol. The van der Waals surface area contributed by atoms with E-state index in [0.29, 0.717) is 0 Å². The molecule has 0 aromatic rings. The highest BCUT2D eigenvalue weighted by Crippen LogP contribution is 2.05. The summed E-state index contributed by atoms with van der Waals surface area (Å²) in [6.45, 7) is 10.1. The molecule has 0 saturated heterocycles. The molecule has 0 radical (unpaired) electrons. The number of rotatable bonds is 3. The van der Waals surface area contributed by atoms with Gasteiger partial charge in [0.25, 0.3) is 0 Å². The first kappa shape index (κ1) is 10.9. The van der Waals surface area contributed by atoms with E-state index in [9.17, 15) is 0 Å². The molecule has 0 aliphatic carbocycles. The lowest BCUT2D eigenvalue weighted by Crippen LogP contribution is -2.48. The van der Waals surface area contributed by atoms with E-state index in [1.54, 1.807) is 0 Å². The van der Waals surface area contributed by atoms with Crippen LogP contribution in [0.1, 0.15) is 34.6 Å². The van der Waals surface area contributed by atoms with Gasteiger partial charge in [0.05, 0.1) is 0 Å². The summed E-state index contributed by atoms with van der Waals surface area (Å²) in [7, 11) is 1.87. The molecule has 11 heavy (non-hydrogen) atoms. The van der Waals surface area contributed by atoms with Crippen LogP contribution in [-0.4, -0.2) is 18.3 Å². The van der Waals surface area contributed by atoms with Crippen molar-refractivity contribution in [1.82, 2.24) is 10.8 Å². The molecular formula is C8H20N2O. The van der Waals surface area contributed by atoms with E-state index >= 15 is 0 Å². The molecule has 0 aliphatic heterocycles. The van der Waals surface area contributed by atoms with Crippen molar-refractivity contribution in [2.75, 3.05) is 7.05 Å². The van der Waals surface area contributed by atoms with Crippen LogP contribution in [0.3, 0.4) is 0 Å². The lowest BCUT2D eigenvalue weighted by atomic mass is 10.1. The molecule has 2 N–H and O–H groups in total. The molecule has 0 atom stereocenters. The smallest absolute Gasteiger partial charge is 0.134 e. The summed E-state index contributed by atoms with van der Waals surface area (Å²) in [5, 5.41) is 3.03. The van der Waals surface area contributed by atoms with Crippen molar-refractivity contribution in [2.24, 2.45) is 0 Å². The molecule has 0 aromatic heterocycles. The minimum Gasteiger partial charge on any atom is -0.291 e. The molecule has 0 heterocycles. The van der Waals surface area contributed by atoms with Crippen LogP contribution >= 0.6 is 0 Å². The Morgan fingerprint density at radius 1 is 1.00 bits per heavy atom. The molecule has 3 nitrogen and oxygen atoms in total. The Labute approximate surface area is 69.5 Å². The van der Waals surface area contributed by atoms with Gasteiger partial charge in [0.15, 0.2) is 0 Å². The first-order valence-electron chi connectivity index (χ1n) is 3.91. The maximum Gasteiger partial charge on any atom is 0.134 e. The molecule has 68 valence electrons. The molecule has 0 unspecified atom stereocenters. The number of hydrogen-bond acceptors (Lipinski definition) is 3. The van der Waals surface area contributed by atoms with E-state index in [1.807, 2.05) is 20.9 Å². The summed E-state index contributed by atoms with van der Waals surface area (Å²) < 4.78 is 0. The maximum absolute atomic E-state index is 5.38. The van der Waals surface area contributed by atoms with Crippen LogP contribution in [-0.2, 0) is 4.84 Å². The van der Waals surface area contributed by atoms with Gasteiger partial charge in [0, 0.05) is 5.54 Å². The number of hydroxylamine groups is 1. The van der Waals surface area contributed by atoms with Crippen LogP contribution in [0.15, 0.2) is 0 Å². The maximum atomic E-state index is 5.38. The van der Waals surface area contributed by atoms with Crippen LogP contribution < -0.4 is 10.8 Å². The molecule has 0 saturated carbocycles. The van der Waals surface area contributed by atoms with Crippen molar-refractivity contribution < 1.29 is 4.84 Å². The SMILES string of the molecule is CNC(C)(C)ONC(C)(C)C. The summed E-state index contributed by atoms with van der Waals surface area (Å²) in [5.41, 5.74) is 2.63. The molecule has 0 rings (SSSR count). The number of hydrogen-bond donors (Lipinski definition) is 2. The molecule has 0 bridgehead atoms. The van der Waals surface area contributed by atoms with Gasteiger partial charge in [-0.2, -0.15) is 5.48 Å². The van der Waals surface area contributed by atoms with E-state index in [0.717, 1.165) is 0 Å². The predicted molar refractivity (Wildman–Crippen MR) is 47.1 cm³/mol. The van der Waals surface area contributed by atoms with Crippen molar-refractivity contribution in [2.45, 2.75) is 45.9 Å². The molecule has 0 aromatic carbocycles. The highest BCUT2D eigenvalue weighted by molar-refractivity contribution is 4.67. The Kier molecular flexibility index (Phi) is 3.48. The Morgan fingerprint density at radius 3 is 1.73 bits per heavy atom. The van der Waals surface area contributed by atoms with Crippen LogP contribution in [0.4, 0.5) is 0 Å². The highest BCUT2D eigenvalue weighted by Gasteiger charge is 2.19. The Balaban J connectivity index is 3.70. The van der Waals surface area contributed by atoms with E-state index in [-0.39, 0.29) is 11.3 Å². The van der Waals surface area contributed by atoms with Crippen molar-refractivity contribution in [3.05, 3.63) is 0 Å². The molecule has 0 spiro atoms. The third-order valence-corrected chi connectivity index (χ3v) is 1.21. The van der Waals surface area contributed by atoms with Crippen LogP contribution in [0.2, 0.25) is 0 Å². The van der Waals surface area contributed by atoms with Gasteiger partial charge in [-0.15, -0.1) is 0 Å². The van der Waals surface area contributed by atoms with Gasteiger partial charge in [-0.25, -0.2) is 0 Å². The first-order chi connectivity index (χ1) is 4.77. The third kappa shape index (κ3) is 6.28. The zero-order valence-corrected chi connectivity index (χ0v) is 8.41. The topological polar surface area (TPSA) is 33.3 Å². The third-order valence-electron chi connectivity index (χ3n) is 1.21. The molecule has 0 aliphatic rings. The van der Waals surface area contributed by atoms with Crippen LogP contribution in [0, 0.1) is 0 Å². The minimum absolute atomic E-state index is 0.00583. The second-order valence-electron chi connectivity index (χ2n) is 4.21. The van der Waals surface area contributed by atoms with Gasteiger partial charge in [-0.3, -0.25) is 10.2 Å². The summed E-state index contributed by atoms with van der Waals surface area (Å²) in [6, 6.07) is 0. The molecular weight excluding hydrogens is 140 g/mol. The fourth-order valence-electron chi connectivity index (χ4n) is 0.332. The van der Waals surface area contributed by atoms with Crippen molar-refractivity contribution in [3.63, 3.8) is 0 Å². The standard InChI is InChI=1S/C8H20N2O/c1-7(2,3)10-11-8(4,5)9-6/h9-10H,1-6H3. The van der Waals surface area contributed by atoms with Crippen molar-refractivity contribution in [1.29, 1.82) is 0 Å². The van der Waals surface area contributed by atoms with Crippen LogP contribution in [0.25, 0.3) is 0 Å². The lowest BCUT2D eigenvalue weighted by molar-refractivity contribution is -0.126. The second-order valence-corrected chi connectivity index (χ2v) is 4.21. The molecule has 3 heteroatoms. The average molecular weight is 160 g/mol. The Hall–Kier alpha value is -0.120. The van der Waals surface area contributed by atoms with E-state index in [4.69, 9.17) is 4.84 Å². The minimum atomic E-state index is -0.312. The predicted octanol–water partition coefficient (Wildman–Crippen LogP) is 1.26. The summed E-state index contributed by atoms with van der Waals surface area (Å²) in [6.07, 6.45) is 0. The fraction of sp³-hybridized carbons (Fsp3) is 1.00. The van der Waals surface area contributed by atoms with Gasteiger partial charge < -0.3 is 0 Å². The normalized spacial score (nSPS) is 13.6. The Morgan fingerprint density at radius 2 is 1.45 bits per heavy atom. The number of nitrogens with one attached hydrogen (secondary N) is 2.